The Labute approximate surface area is 120 Å². The molecule has 18 heavy (non-hydrogen) atoms. The van der Waals surface area contributed by atoms with Gasteiger partial charge < -0.3 is 4.90 Å². The van der Waals surface area contributed by atoms with E-state index in [9.17, 15) is 0 Å². The van der Waals surface area contributed by atoms with Crippen molar-refractivity contribution in [3.05, 3.63) is 34.3 Å². The van der Waals surface area contributed by atoms with Crippen LogP contribution in [0.5, 0.6) is 0 Å². The molecule has 0 N–H and O–H groups in total. The summed E-state index contributed by atoms with van der Waals surface area (Å²) in [5.74, 6) is 0. The first-order chi connectivity index (χ1) is 8.69. The number of rotatable bonds is 8. The molecule has 0 bridgehead atoms. The summed E-state index contributed by atoms with van der Waals surface area (Å²) in [5, 5.41) is 0. The van der Waals surface area contributed by atoms with Crippen LogP contribution in [0.15, 0.2) is 28.7 Å². The van der Waals surface area contributed by atoms with Crippen LogP contribution in [0.2, 0.25) is 0 Å². The van der Waals surface area contributed by atoms with E-state index < -0.39 is 0 Å². The normalized spacial score (nSPS) is 11.4. The lowest BCUT2D eigenvalue weighted by molar-refractivity contribution is 0.215. The molecule has 0 heterocycles. The Bertz CT molecular complexity index is 320. The third-order valence-electron chi connectivity index (χ3n) is 3.39. The summed E-state index contributed by atoms with van der Waals surface area (Å²) < 4.78 is 1.15. The highest BCUT2D eigenvalue weighted by atomic mass is 79.9. The lowest BCUT2D eigenvalue weighted by Gasteiger charge is -2.25. The number of benzene rings is 1. The van der Waals surface area contributed by atoms with Crippen molar-refractivity contribution >= 4 is 15.9 Å². The molecule has 0 unspecified atom stereocenters. The summed E-state index contributed by atoms with van der Waals surface area (Å²) in [6.07, 6.45) is 0. The van der Waals surface area contributed by atoms with Crippen LogP contribution in [-0.4, -0.2) is 42.5 Å². The third kappa shape index (κ3) is 5.51. The zero-order valence-corrected chi connectivity index (χ0v) is 13.4. The number of likely N-dealkylation sites (N-methyl/N-ethyl adjacent to an activating group) is 2. The Morgan fingerprint density at radius 3 is 1.83 bits per heavy atom. The third-order valence-corrected chi connectivity index (χ3v) is 3.92. The molecule has 0 spiro atoms. The fourth-order valence-electron chi connectivity index (χ4n) is 2.02. The summed E-state index contributed by atoms with van der Waals surface area (Å²) in [6.45, 7) is 13.5. The number of hydrogen-bond donors (Lipinski definition) is 0. The molecule has 0 aliphatic carbocycles. The van der Waals surface area contributed by atoms with E-state index in [0.29, 0.717) is 0 Å². The minimum absolute atomic E-state index is 1.05. The second kappa shape index (κ2) is 8.68. The second-order valence-corrected chi connectivity index (χ2v) is 5.44. The first-order valence-corrected chi connectivity index (χ1v) is 7.68. The van der Waals surface area contributed by atoms with E-state index in [0.717, 1.165) is 43.7 Å². The van der Waals surface area contributed by atoms with Gasteiger partial charge in [-0.1, -0.05) is 48.8 Å². The average molecular weight is 313 g/mol. The van der Waals surface area contributed by atoms with E-state index >= 15 is 0 Å². The van der Waals surface area contributed by atoms with Gasteiger partial charge in [-0.15, -0.1) is 0 Å². The molecule has 3 heteroatoms. The van der Waals surface area contributed by atoms with Gasteiger partial charge in [-0.3, -0.25) is 4.90 Å². The van der Waals surface area contributed by atoms with Crippen molar-refractivity contribution in [2.45, 2.75) is 27.3 Å². The predicted molar refractivity (Wildman–Crippen MR) is 82.9 cm³/mol. The maximum absolute atomic E-state index is 3.48. The Kier molecular flexibility index (Phi) is 7.56. The fraction of sp³-hybridized carbons (Fsp3) is 0.600. The highest BCUT2D eigenvalue weighted by Gasteiger charge is 2.06. The Hall–Kier alpha value is -0.380. The van der Waals surface area contributed by atoms with Crippen molar-refractivity contribution in [1.29, 1.82) is 0 Å². The largest absolute Gasteiger partial charge is 0.303 e. The second-order valence-electron chi connectivity index (χ2n) is 4.52. The van der Waals surface area contributed by atoms with Gasteiger partial charge in [0.1, 0.15) is 0 Å². The Morgan fingerprint density at radius 2 is 1.33 bits per heavy atom. The molecule has 0 atom stereocenters. The van der Waals surface area contributed by atoms with Gasteiger partial charge in [-0.25, -0.2) is 0 Å². The van der Waals surface area contributed by atoms with Crippen molar-refractivity contribution in [3.8, 4) is 0 Å². The Morgan fingerprint density at radius 1 is 0.833 bits per heavy atom. The van der Waals surface area contributed by atoms with Crippen LogP contribution in [0.1, 0.15) is 26.3 Å². The molecule has 2 nitrogen and oxygen atoms in total. The summed E-state index contributed by atoms with van der Waals surface area (Å²) in [4.78, 5) is 4.98. The monoisotopic (exact) mass is 312 g/mol. The van der Waals surface area contributed by atoms with Gasteiger partial charge in [0.2, 0.25) is 0 Å². The smallest absolute Gasteiger partial charge is 0.0234 e. The lowest BCUT2D eigenvalue weighted by atomic mass is 10.2. The van der Waals surface area contributed by atoms with E-state index in [-0.39, 0.29) is 0 Å². The van der Waals surface area contributed by atoms with Crippen LogP contribution in [0.25, 0.3) is 0 Å². The molecule has 0 saturated carbocycles. The van der Waals surface area contributed by atoms with Crippen LogP contribution in [0.4, 0.5) is 0 Å². The molecule has 1 aromatic rings. The average Bonchev–Trinajstić information content (AvgIpc) is 2.40. The van der Waals surface area contributed by atoms with Crippen LogP contribution >= 0.6 is 15.9 Å². The van der Waals surface area contributed by atoms with E-state index in [2.05, 4.69) is 70.8 Å². The molecule has 0 fully saturated rings. The molecular weight excluding hydrogens is 288 g/mol. The highest BCUT2D eigenvalue weighted by Crippen LogP contribution is 2.12. The number of halogens is 1. The minimum atomic E-state index is 1.05. The molecule has 0 aromatic heterocycles. The molecule has 0 saturated heterocycles. The Balaban J connectivity index is 2.44. The fourth-order valence-corrected chi connectivity index (χ4v) is 2.28. The topological polar surface area (TPSA) is 6.48 Å². The zero-order chi connectivity index (χ0) is 13.4. The maximum atomic E-state index is 3.48. The van der Waals surface area contributed by atoms with Crippen LogP contribution in [0.3, 0.4) is 0 Å². The van der Waals surface area contributed by atoms with Gasteiger partial charge in [0.15, 0.2) is 0 Å². The van der Waals surface area contributed by atoms with Gasteiger partial charge in [0.25, 0.3) is 0 Å². The zero-order valence-electron chi connectivity index (χ0n) is 11.8. The first-order valence-electron chi connectivity index (χ1n) is 6.88. The van der Waals surface area contributed by atoms with Crippen LogP contribution in [0, 0.1) is 0 Å². The predicted octanol–water partition coefficient (Wildman–Crippen LogP) is 3.61. The van der Waals surface area contributed by atoms with Crippen molar-refractivity contribution in [2.75, 3.05) is 32.7 Å². The van der Waals surface area contributed by atoms with Crippen molar-refractivity contribution in [3.63, 3.8) is 0 Å². The standard InChI is InChI=1S/C15H25BrN2/c1-4-17(5-2)11-12-18(6-3)13-14-7-9-15(16)10-8-14/h7-10H,4-6,11-13H2,1-3H3. The number of nitrogens with zero attached hydrogens (tertiary/aromatic N) is 2. The summed E-state index contributed by atoms with van der Waals surface area (Å²) in [6, 6.07) is 8.63. The van der Waals surface area contributed by atoms with Gasteiger partial charge >= 0.3 is 0 Å². The van der Waals surface area contributed by atoms with Gasteiger partial charge in [-0.05, 0) is 37.3 Å². The first kappa shape index (κ1) is 15.7. The van der Waals surface area contributed by atoms with Gasteiger partial charge in [0.05, 0.1) is 0 Å². The van der Waals surface area contributed by atoms with E-state index in [1.165, 1.54) is 5.56 Å². The molecule has 0 amide bonds. The van der Waals surface area contributed by atoms with Crippen LogP contribution in [-0.2, 0) is 6.54 Å². The van der Waals surface area contributed by atoms with Crippen molar-refractivity contribution < 1.29 is 0 Å². The summed E-state index contributed by atoms with van der Waals surface area (Å²) in [7, 11) is 0. The van der Waals surface area contributed by atoms with E-state index in [1.807, 2.05) is 0 Å². The molecular formula is C15H25BrN2. The van der Waals surface area contributed by atoms with E-state index in [4.69, 9.17) is 0 Å². The molecule has 0 aliphatic heterocycles. The molecule has 0 aliphatic rings. The summed E-state index contributed by atoms with van der Waals surface area (Å²) >= 11 is 3.48. The quantitative estimate of drug-likeness (QED) is 0.723. The molecule has 102 valence electrons. The minimum Gasteiger partial charge on any atom is -0.303 e. The highest BCUT2D eigenvalue weighted by molar-refractivity contribution is 9.10. The van der Waals surface area contributed by atoms with Gasteiger partial charge in [-0.2, -0.15) is 0 Å². The lowest BCUT2D eigenvalue weighted by Crippen LogP contribution is -2.34. The van der Waals surface area contributed by atoms with Crippen molar-refractivity contribution in [1.82, 2.24) is 9.80 Å². The summed E-state index contributed by atoms with van der Waals surface area (Å²) in [5.41, 5.74) is 1.39. The van der Waals surface area contributed by atoms with Crippen molar-refractivity contribution in [2.24, 2.45) is 0 Å². The van der Waals surface area contributed by atoms with Crippen LogP contribution < -0.4 is 0 Å². The molecule has 1 aromatic carbocycles. The number of hydrogen-bond acceptors (Lipinski definition) is 2. The maximum Gasteiger partial charge on any atom is 0.0234 e. The van der Waals surface area contributed by atoms with E-state index in [1.54, 1.807) is 0 Å². The molecule has 1 rings (SSSR count). The SMILES string of the molecule is CCN(CC)CCN(CC)Cc1ccc(Br)cc1. The molecule has 0 radical (unpaired) electrons. The van der Waals surface area contributed by atoms with Gasteiger partial charge in [0, 0.05) is 24.1 Å².